The molecular formula is C16H19N5O2S2. The first kappa shape index (κ1) is 17.7. The van der Waals surface area contributed by atoms with E-state index in [1.807, 2.05) is 30.3 Å². The predicted molar refractivity (Wildman–Crippen MR) is 96.3 cm³/mol. The predicted octanol–water partition coefficient (Wildman–Crippen LogP) is 2.53. The minimum absolute atomic E-state index is 0.0932. The summed E-state index contributed by atoms with van der Waals surface area (Å²) < 4.78 is 26.6. The standard InChI is InChI=1S/C16H19N5O2S2/c1-16(2,3)15-17-12(9-24-15)10-25(22,23)11-14-18-19-20-21(14)13-7-5-4-6-8-13/h4-9H,10-11H2,1-3H3. The summed E-state index contributed by atoms with van der Waals surface area (Å²) in [6, 6.07) is 9.21. The van der Waals surface area contributed by atoms with Gasteiger partial charge in [-0.05, 0) is 22.6 Å². The van der Waals surface area contributed by atoms with Gasteiger partial charge in [-0.25, -0.2) is 13.4 Å². The molecule has 0 aliphatic carbocycles. The van der Waals surface area contributed by atoms with Crippen LogP contribution in [0.15, 0.2) is 35.7 Å². The molecular weight excluding hydrogens is 358 g/mol. The Hall–Kier alpha value is -2.13. The van der Waals surface area contributed by atoms with Gasteiger partial charge in [-0.2, -0.15) is 4.68 Å². The van der Waals surface area contributed by atoms with Crippen LogP contribution in [0.1, 0.15) is 37.3 Å². The SMILES string of the molecule is CC(C)(C)c1nc(CS(=O)(=O)Cc2nnnn2-c2ccccc2)cs1. The Bertz CT molecular complexity index is 956. The highest BCUT2D eigenvalue weighted by Crippen LogP contribution is 2.26. The summed E-state index contributed by atoms with van der Waals surface area (Å²) in [5, 5.41) is 14.1. The lowest BCUT2D eigenvalue weighted by molar-refractivity contribution is 0.580. The molecule has 0 N–H and O–H groups in total. The van der Waals surface area contributed by atoms with Crippen LogP contribution in [0.4, 0.5) is 0 Å². The molecule has 3 aromatic rings. The lowest BCUT2D eigenvalue weighted by atomic mass is 9.98. The number of sulfone groups is 1. The Morgan fingerprint density at radius 3 is 2.48 bits per heavy atom. The number of hydrogen-bond acceptors (Lipinski definition) is 7. The van der Waals surface area contributed by atoms with Crippen molar-refractivity contribution in [3.05, 3.63) is 52.2 Å². The van der Waals surface area contributed by atoms with Crippen molar-refractivity contribution in [3.63, 3.8) is 0 Å². The average Bonchev–Trinajstić information content (AvgIpc) is 3.16. The van der Waals surface area contributed by atoms with Gasteiger partial charge in [0.1, 0.15) is 5.75 Å². The van der Waals surface area contributed by atoms with Crippen LogP contribution in [0.2, 0.25) is 0 Å². The number of tetrazole rings is 1. The molecule has 0 aliphatic rings. The van der Waals surface area contributed by atoms with E-state index in [2.05, 4.69) is 41.3 Å². The number of aromatic nitrogens is 5. The lowest BCUT2D eigenvalue weighted by Gasteiger charge is -2.13. The second-order valence-corrected chi connectivity index (χ2v) is 9.69. The van der Waals surface area contributed by atoms with E-state index in [0.29, 0.717) is 5.69 Å². The molecule has 9 heteroatoms. The van der Waals surface area contributed by atoms with E-state index in [4.69, 9.17) is 0 Å². The topological polar surface area (TPSA) is 90.6 Å². The van der Waals surface area contributed by atoms with Crippen LogP contribution < -0.4 is 0 Å². The van der Waals surface area contributed by atoms with E-state index >= 15 is 0 Å². The van der Waals surface area contributed by atoms with Crippen LogP contribution in [0, 0.1) is 0 Å². The molecule has 1 aromatic carbocycles. The fourth-order valence-corrected chi connectivity index (χ4v) is 4.54. The van der Waals surface area contributed by atoms with Crippen molar-refractivity contribution in [3.8, 4) is 5.69 Å². The summed E-state index contributed by atoms with van der Waals surface area (Å²) in [4.78, 5) is 4.46. The monoisotopic (exact) mass is 377 g/mol. The van der Waals surface area contributed by atoms with Crippen molar-refractivity contribution in [1.82, 2.24) is 25.2 Å². The first-order valence-electron chi connectivity index (χ1n) is 7.73. The van der Waals surface area contributed by atoms with Crippen molar-refractivity contribution in [2.45, 2.75) is 37.7 Å². The molecule has 0 saturated heterocycles. The van der Waals surface area contributed by atoms with Crippen molar-refractivity contribution in [2.24, 2.45) is 0 Å². The van der Waals surface area contributed by atoms with Crippen LogP contribution in [0.5, 0.6) is 0 Å². The molecule has 0 amide bonds. The third-order valence-electron chi connectivity index (χ3n) is 3.44. The van der Waals surface area contributed by atoms with Crippen molar-refractivity contribution in [2.75, 3.05) is 0 Å². The maximum absolute atomic E-state index is 12.6. The molecule has 0 atom stereocenters. The van der Waals surface area contributed by atoms with Crippen molar-refractivity contribution >= 4 is 21.2 Å². The second-order valence-electron chi connectivity index (χ2n) is 6.77. The fourth-order valence-electron chi connectivity index (χ4n) is 2.26. The number of para-hydroxylation sites is 1. The van der Waals surface area contributed by atoms with Crippen LogP contribution >= 0.6 is 11.3 Å². The number of thiazole rings is 1. The molecule has 0 unspecified atom stereocenters. The maximum atomic E-state index is 12.6. The van der Waals surface area contributed by atoms with Gasteiger partial charge in [0.15, 0.2) is 15.7 Å². The zero-order valence-electron chi connectivity index (χ0n) is 14.2. The Balaban J connectivity index is 1.79. The molecule has 0 saturated carbocycles. The van der Waals surface area contributed by atoms with E-state index in [0.717, 1.165) is 10.7 Å². The zero-order chi connectivity index (χ0) is 18.1. The van der Waals surface area contributed by atoms with Gasteiger partial charge in [0.25, 0.3) is 0 Å². The summed E-state index contributed by atoms with van der Waals surface area (Å²) >= 11 is 1.48. The third-order valence-corrected chi connectivity index (χ3v) is 6.20. The number of rotatable bonds is 5. The second kappa shape index (κ2) is 6.64. The van der Waals surface area contributed by atoms with Crippen LogP contribution in [-0.2, 0) is 26.8 Å². The van der Waals surface area contributed by atoms with Gasteiger partial charge in [0, 0.05) is 10.8 Å². The normalized spacial score (nSPS) is 12.4. The number of nitrogens with zero attached hydrogens (tertiary/aromatic N) is 5. The van der Waals surface area contributed by atoms with Crippen LogP contribution in [0.25, 0.3) is 5.69 Å². The smallest absolute Gasteiger partial charge is 0.171 e. The van der Waals surface area contributed by atoms with Crippen LogP contribution in [0.3, 0.4) is 0 Å². The fraction of sp³-hybridized carbons (Fsp3) is 0.375. The van der Waals surface area contributed by atoms with E-state index in [-0.39, 0.29) is 22.7 Å². The molecule has 2 heterocycles. The van der Waals surface area contributed by atoms with Gasteiger partial charge < -0.3 is 0 Å². The molecule has 25 heavy (non-hydrogen) atoms. The minimum Gasteiger partial charge on any atom is -0.245 e. The van der Waals surface area contributed by atoms with Gasteiger partial charge in [0.2, 0.25) is 0 Å². The molecule has 0 bridgehead atoms. The largest absolute Gasteiger partial charge is 0.245 e. The maximum Gasteiger partial charge on any atom is 0.171 e. The Labute approximate surface area is 150 Å². The molecule has 0 aliphatic heterocycles. The number of benzene rings is 1. The van der Waals surface area contributed by atoms with Crippen LogP contribution in [-0.4, -0.2) is 33.6 Å². The highest BCUT2D eigenvalue weighted by Gasteiger charge is 2.23. The first-order chi connectivity index (χ1) is 11.7. The van der Waals surface area contributed by atoms with Gasteiger partial charge in [-0.3, -0.25) is 0 Å². The minimum atomic E-state index is -3.44. The van der Waals surface area contributed by atoms with E-state index in [1.54, 1.807) is 5.38 Å². The van der Waals surface area contributed by atoms with Gasteiger partial charge in [-0.1, -0.05) is 39.0 Å². The average molecular weight is 377 g/mol. The summed E-state index contributed by atoms with van der Waals surface area (Å²) in [6.45, 7) is 6.16. The summed E-state index contributed by atoms with van der Waals surface area (Å²) in [5.74, 6) is -0.0733. The summed E-state index contributed by atoms with van der Waals surface area (Å²) in [7, 11) is -3.44. The highest BCUT2D eigenvalue weighted by molar-refractivity contribution is 7.89. The molecule has 0 radical (unpaired) electrons. The number of hydrogen-bond donors (Lipinski definition) is 0. The first-order valence-corrected chi connectivity index (χ1v) is 10.4. The Kier molecular flexibility index (Phi) is 4.70. The molecule has 3 rings (SSSR count). The quantitative estimate of drug-likeness (QED) is 0.679. The molecule has 132 valence electrons. The Morgan fingerprint density at radius 1 is 1.12 bits per heavy atom. The zero-order valence-corrected chi connectivity index (χ0v) is 15.9. The van der Waals surface area contributed by atoms with Gasteiger partial charge >= 0.3 is 0 Å². The summed E-state index contributed by atoms with van der Waals surface area (Å²) in [5.41, 5.74) is 1.19. The van der Waals surface area contributed by atoms with Gasteiger partial charge in [-0.15, -0.1) is 16.4 Å². The molecule has 7 nitrogen and oxygen atoms in total. The van der Waals surface area contributed by atoms with Gasteiger partial charge in [0.05, 0.1) is 22.1 Å². The third kappa shape index (κ3) is 4.29. The lowest BCUT2D eigenvalue weighted by Crippen LogP contribution is -2.14. The van der Waals surface area contributed by atoms with E-state index in [1.165, 1.54) is 16.0 Å². The summed E-state index contributed by atoms with van der Waals surface area (Å²) in [6.07, 6.45) is 0. The van der Waals surface area contributed by atoms with Crippen molar-refractivity contribution in [1.29, 1.82) is 0 Å². The molecule has 0 fully saturated rings. The Morgan fingerprint density at radius 2 is 1.84 bits per heavy atom. The molecule has 0 spiro atoms. The van der Waals surface area contributed by atoms with E-state index < -0.39 is 9.84 Å². The van der Waals surface area contributed by atoms with E-state index in [9.17, 15) is 8.42 Å². The molecule has 2 aromatic heterocycles. The highest BCUT2D eigenvalue weighted by atomic mass is 32.2. The van der Waals surface area contributed by atoms with Crippen molar-refractivity contribution < 1.29 is 8.42 Å².